The fourth-order valence-electron chi connectivity index (χ4n) is 0.876. The molecule has 86 valence electrons. The molecule has 0 saturated carbocycles. The first-order chi connectivity index (χ1) is 7.16. The number of carbonyl (C=O) groups is 1. The van der Waals surface area contributed by atoms with Crippen molar-refractivity contribution in [3.8, 4) is 0 Å². The SMILES string of the molecule is CC(C)CNC(=O)/C=C/C=C/CCCBr. The van der Waals surface area contributed by atoms with Crippen LogP contribution in [-0.4, -0.2) is 17.8 Å². The second kappa shape index (κ2) is 9.97. The summed E-state index contributed by atoms with van der Waals surface area (Å²) in [6.45, 7) is 4.88. The van der Waals surface area contributed by atoms with E-state index < -0.39 is 0 Å². The minimum atomic E-state index is -0.0196. The number of allylic oxidation sites excluding steroid dienone is 3. The molecule has 0 saturated heterocycles. The van der Waals surface area contributed by atoms with Crippen LogP contribution in [-0.2, 0) is 4.79 Å². The van der Waals surface area contributed by atoms with Crippen LogP contribution < -0.4 is 5.32 Å². The Morgan fingerprint density at radius 2 is 2.13 bits per heavy atom. The van der Waals surface area contributed by atoms with Crippen molar-refractivity contribution >= 4 is 21.8 Å². The standard InChI is InChI=1S/C12H20BrNO/c1-11(2)10-14-12(15)8-6-4-3-5-7-9-13/h3-4,6,8,11H,5,7,9-10H2,1-2H3,(H,14,15)/b4-3+,8-6+. The van der Waals surface area contributed by atoms with Crippen LogP contribution in [0.3, 0.4) is 0 Å². The van der Waals surface area contributed by atoms with Crippen molar-refractivity contribution in [2.45, 2.75) is 26.7 Å². The fraction of sp³-hybridized carbons (Fsp3) is 0.583. The topological polar surface area (TPSA) is 29.1 Å². The van der Waals surface area contributed by atoms with E-state index in [1.807, 2.05) is 6.08 Å². The van der Waals surface area contributed by atoms with E-state index in [-0.39, 0.29) is 5.91 Å². The van der Waals surface area contributed by atoms with E-state index in [0.717, 1.165) is 24.7 Å². The normalized spacial score (nSPS) is 11.7. The zero-order valence-electron chi connectivity index (χ0n) is 9.50. The molecule has 1 amide bonds. The maximum absolute atomic E-state index is 11.2. The smallest absolute Gasteiger partial charge is 0.243 e. The Labute approximate surface area is 101 Å². The maximum Gasteiger partial charge on any atom is 0.243 e. The summed E-state index contributed by atoms with van der Waals surface area (Å²) >= 11 is 3.36. The first-order valence-electron chi connectivity index (χ1n) is 5.33. The van der Waals surface area contributed by atoms with Crippen LogP contribution in [0, 0.1) is 5.92 Å². The van der Waals surface area contributed by atoms with Crippen molar-refractivity contribution in [2.75, 3.05) is 11.9 Å². The number of halogens is 1. The van der Waals surface area contributed by atoms with Crippen LogP contribution in [0.2, 0.25) is 0 Å². The largest absolute Gasteiger partial charge is 0.352 e. The second-order valence-electron chi connectivity index (χ2n) is 3.76. The van der Waals surface area contributed by atoms with Crippen LogP contribution in [0.1, 0.15) is 26.7 Å². The first kappa shape index (κ1) is 14.4. The molecule has 0 spiro atoms. The van der Waals surface area contributed by atoms with Crippen molar-refractivity contribution in [1.29, 1.82) is 0 Å². The molecule has 0 heterocycles. The Balaban J connectivity index is 3.58. The number of unbranched alkanes of at least 4 members (excludes halogenated alkanes) is 1. The zero-order chi connectivity index (χ0) is 11.5. The van der Waals surface area contributed by atoms with Crippen molar-refractivity contribution in [2.24, 2.45) is 5.92 Å². The van der Waals surface area contributed by atoms with Crippen LogP contribution in [0.25, 0.3) is 0 Å². The Bertz CT molecular complexity index is 222. The number of nitrogens with one attached hydrogen (secondary N) is 1. The number of hydrogen-bond acceptors (Lipinski definition) is 1. The van der Waals surface area contributed by atoms with E-state index in [0.29, 0.717) is 5.92 Å². The van der Waals surface area contributed by atoms with Gasteiger partial charge in [-0.1, -0.05) is 48.0 Å². The van der Waals surface area contributed by atoms with Gasteiger partial charge in [0, 0.05) is 18.0 Å². The van der Waals surface area contributed by atoms with Crippen LogP contribution in [0.5, 0.6) is 0 Å². The van der Waals surface area contributed by atoms with Gasteiger partial charge >= 0.3 is 0 Å². The van der Waals surface area contributed by atoms with Crippen LogP contribution in [0.15, 0.2) is 24.3 Å². The molecular formula is C12H20BrNO. The van der Waals surface area contributed by atoms with Gasteiger partial charge in [0.1, 0.15) is 0 Å². The molecule has 0 radical (unpaired) electrons. The molecule has 0 bridgehead atoms. The Hall–Kier alpha value is -0.570. The minimum absolute atomic E-state index is 0.0196. The molecule has 0 unspecified atom stereocenters. The van der Waals surface area contributed by atoms with E-state index in [1.165, 1.54) is 0 Å². The molecule has 1 N–H and O–H groups in total. The summed E-state index contributed by atoms with van der Waals surface area (Å²) in [7, 11) is 0. The van der Waals surface area contributed by atoms with Gasteiger partial charge in [-0.25, -0.2) is 0 Å². The van der Waals surface area contributed by atoms with Gasteiger partial charge in [-0.2, -0.15) is 0 Å². The third kappa shape index (κ3) is 11.4. The summed E-state index contributed by atoms with van der Waals surface area (Å²) in [5, 5.41) is 3.84. The second-order valence-corrected chi connectivity index (χ2v) is 4.55. The number of alkyl halides is 1. The molecule has 0 aliphatic carbocycles. The number of rotatable bonds is 7. The van der Waals surface area contributed by atoms with E-state index in [9.17, 15) is 4.79 Å². The number of carbonyl (C=O) groups excluding carboxylic acids is 1. The van der Waals surface area contributed by atoms with E-state index in [2.05, 4.69) is 41.2 Å². The Kier molecular flexibility index (Phi) is 9.59. The van der Waals surface area contributed by atoms with Crippen LogP contribution in [0.4, 0.5) is 0 Å². The van der Waals surface area contributed by atoms with E-state index in [4.69, 9.17) is 0 Å². The molecular weight excluding hydrogens is 254 g/mol. The summed E-state index contributed by atoms with van der Waals surface area (Å²) in [6, 6.07) is 0. The Morgan fingerprint density at radius 1 is 1.40 bits per heavy atom. The predicted molar refractivity (Wildman–Crippen MR) is 69.2 cm³/mol. The third-order valence-electron chi connectivity index (χ3n) is 1.68. The van der Waals surface area contributed by atoms with Crippen LogP contribution >= 0.6 is 15.9 Å². The summed E-state index contributed by atoms with van der Waals surface area (Å²) in [4.78, 5) is 11.2. The molecule has 15 heavy (non-hydrogen) atoms. The molecule has 0 atom stereocenters. The molecule has 3 heteroatoms. The van der Waals surface area contributed by atoms with E-state index in [1.54, 1.807) is 12.2 Å². The highest BCUT2D eigenvalue weighted by molar-refractivity contribution is 9.09. The van der Waals surface area contributed by atoms with Gasteiger partial charge in [-0.05, 0) is 18.8 Å². The molecule has 0 aliphatic rings. The van der Waals surface area contributed by atoms with Gasteiger partial charge in [0.05, 0.1) is 0 Å². The average Bonchev–Trinajstić information content (AvgIpc) is 2.20. The molecule has 0 aromatic carbocycles. The van der Waals surface area contributed by atoms with Crippen molar-refractivity contribution < 1.29 is 4.79 Å². The average molecular weight is 274 g/mol. The quantitative estimate of drug-likeness (QED) is 0.329. The van der Waals surface area contributed by atoms with Gasteiger partial charge in [0.15, 0.2) is 0 Å². The summed E-state index contributed by atoms with van der Waals surface area (Å²) in [5.41, 5.74) is 0. The van der Waals surface area contributed by atoms with Gasteiger partial charge in [0.2, 0.25) is 5.91 Å². The van der Waals surface area contributed by atoms with Crippen molar-refractivity contribution in [3.05, 3.63) is 24.3 Å². The monoisotopic (exact) mass is 273 g/mol. The molecule has 0 aliphatic heterocycles. The zero-order valence-corrected chi connectivity index (χ0v) is 11.1. The van der Waals surface area contributed by atoms with Gasteiger partial charge in [0.25, 0.3) is 0 Å². The van der Waals surface area contributed by atoms with Gasteiger partial charge in [-0.15, -0.1) is 0 Å². The fourth-order valence-corrected chi connectivity index (χ4v) is 1.20. The highest BCUT2D eigenvalue weighted by Gasteiger charge is 1.95. The first-order valence-corrected chi connectivity index (χ1v) is 6.46. The lowest BCUT2D eigenvalue weighted by Gasteiger charge is -2.03. The van der Waals surface area contributed by atoms with Gasteiger partial charge in [-0.3, -0.25) is 4.79 Å². The molecule has 0 aromatic heterocycles. The molecule has 0 fully saturated rings. The molecule has 0 rings (SSSR count). The molecule has 0 aromatic rings. The number of hydrogen-bond donors (Lipinski definition) is 1. The predicted octanol–water partition coefficient (Wildman–Crippen LogP) is 3.05. The number of amides is 1. The summed E-state index contributed by atoms with van der Waals surface area (Å²) < 4.78 is 0. The lowest BCUT2D eigenvalue weighted by atomic mass is 10.2. The highest BCUT2D eigenvalue weighted by atomic mass is 79.9. The molecule has 2 nitrogen and oxygen atoms in total. The minimum Gasteiger partial charge on any atom is -0.352 e. The summed E-state index contributed by atoms with van der Waals surface area (Å²) in [5.74, 6) is 0.477. The maximum atomic E-state index is 11.2. The van der Waals surface area contributed by atoms with Gasteiger partial charge < -0.3 is 5.32 Å². The Morgan fingerprint density at radius 3 is 2.73 bits per heavy atom. The van der Waals surface area contributed by atoms with E-state index >= 15 is 0 Å². The third-order valence-corrected chi connectivity index (χ3v) is 2.24. The lowest BCUT2D eigenvalue weighted by molar-refractivity contribution is -0.116. The van der Waals surface area contributed by atoms with Crippen molar-refractivity contribution in [3.63, 3.8) is 0 Å². The highest BCUT2D eigenvalue weighted by Crippen LogP contribution is 1.95. The summed E-state index contributed by atoms with van der Waals surface area (Å²) in [6.07, 6.45) is 9.50. The van der Waals surface area contributed by atoms with Crippen molar-refractivity contribution in [1.82, 2.24) is 5.32 Å². The lowest BCUT2D eigenvalue weighted by Crippen LogP contribution is -2.25.